The fourth-order valence-corrected chi connectivity index (χ4v) is 5.84. The van der Waals surface area contributed by atoms with Crippen molar-refractivity contribution in [1.29, 1.82) is 0 Å². The number of thiophene rings is 1. The molecule has 10 heteroatoms. The predicted octanol–water partition coefficient (Wildman–Crippen LogP) is 3.66. The van der Waals surface area contributed by atoms with E-state index in [2.05, 4.69) is 10.0 Å². The second-order valence-corrected chi connectivity index (χ2v) is 10.6. The molecule has 1 unspecified atom stereocenters. The summed E-state index contributed by atoms with van der Waals surface area (Å²) in [4.78, 5) is 14.7. The van der Waals surface area contributed by atoms with E-state index in [1.807, 2.05) is 6.07 Å². The SMILES string of the molecule is O=C1[C@@H](NS(=O)(=O)/C=C/c2ccc(Cl)s2)CCN1c1ccc(C2CCCN2)cc1F. The van der Waals surface area contributed by atoms with Gasteiger partial charge in [0.15, 0.2) is 0 Å². The average Bonchev–Trinajstić information content (AvgIpc) is 3.44. The summed E-state index contributed by atoms with van der Waals surface area (Å²) in [6.45, 7) is 1.16. The molecule has 1 aromatic heterocycles. The lowest BCUT2D eigenvalue weighted by atomic mass is 10.0. The molecule has 2 saturated heterocycles. The summed E-state index contributed by atoms with van der Waals surface area (Å²) in [6, 6.07) is 7.45. The summed E-state index contributed by atoms with van der Waals surface area (Å²) in [5.41, 5.74) is 1.03. The Morgan fingerprint density at radius 3 is 2.77 bits per heavy atom. The minimum absolute atomic E-state index is 0.132. The number of carbonyl (C=O) groups excluding carboxylic acids is 1. The van der Waals surface area contributed by atoms with Crippen LogP contribution in [0.1, 0.15) is 35.7 Å². The summed E-state index contributed by atoms with van der Waals surface area (Å²) in [6.07, 6.45) is 3.69. The first-order valence-corrected chi connectivity index (χ1v) is 12.4. The Bertz CT molecular complexity index is 1080. The van der Waals surface area contributed by atoms with E-state index >= 15 is 0 Å². The molecule has 2 atom stereocenters. The standard InChI is InChI=1S/C20H21ClFN3O3S2/c21-19-6-4-14(29-19)8-11-30(27,28)24-17-7-10-25(20(17)26)18-5-3-13(12-15(18)22)16-2-1-9-23-16/h3-6,8,11-12,16-17,23-24H,1-2,7,9-10H2/b11-8+/t16?,17-/m0/s1. The van der Waals surface area contributed by atoms with Crippen LogP contribution in [-0.4, -0.2) is 33.5 Å². The number of hydrogen-bond acceptors (Lipinski definition) is 5. The molecule has 2 aliphatic heterocycles. The fraction of sp³-hybridized carbons (Fsp3) is 0.350. The molecule has 160 valence electrons. The summed E-state index contributed by atoms with van der Waals surface area (Å²) in [5.74, 6) is -0.940. The Hall–Kier alpha value is -1.78. The normalized spacial score (nSPS) is 22.5. The van der Waals surface area contributed by atoms with Crippen molar-refractivity contribution >= 4 is 50.6 Å². The van der Waals surface area contributed by atoms with Crippen molar-refractivity contribution in [3.05, 3.63) is 56.3 Å². The zero-order valence-electron chi connectivity index (χ0n) is 16.0. The fourth-order valence-electron chi connectivity index (χ4n) is 3.77. The van der Waals surface area contributed by atoms with Crippen LogP contribution in [0.5, 0.6) is 0 Å². The number of carbonyl (C=O) groups is 1. The Morgan fingerprint density at radius 1 is 1.27 bits per heavy atom. The van der Waals surface area contributed by atoms with E-state index < -0.39 is 27.8 Å². The number of hydrogen-bond donors (Lipinski definition) is 2. The number of benzene rings is 1. The minimum atomic E-state index is -3.84. The lowest BCUT2D eigenvalue weighted by Crippen LogP contribution is -2.40. The van der Waals surface area contributed by atoms with E-state index in [0.717, 1.165) is 30.4 Å². The number of amides is 1. The van der Waals surface area contributed by atoms with Gasteiger partial charge in [-0.1, -0.05) is 17.7 Å². The topological polar surface area (TPSA) is 78.5 Å². The van der Waals surface area contributed by atoms with Crippen molar-refractivity contribution < 1.29 is 17.6 Å². The first-order valence-electron chi connectivity index (χ1n) is 9.62. The highest BCUT2D eigenvalue weighted by Crippen LogP contribution is 2.30. The van der Waals surface area contributed by atoms with Gasteiger partial charge in [-0.15, -0.1) is 11.3 Å². The second kappa shape index (κ2) is 8.76. The minimum Gasteiger partial charge on any atom is -0.310 e. The Morgan fingerprint density at radius 2 is 2.10 bits per heavy atom. The number of nitrogens with one attached hydrogen (secondary N) is 2. The van der Waals surface area contributed by atoms with Gasteiger partial charge in [0.05, 0.1) is 10.0 Å². The molecule has 2 aromatic rings. The van der Waals surface area contributed by atoms with Crippen LogP contribution in [0.15, 0.2) is 35.7 Å². The lowest BCUT2D eigenvalue weighted by molar-refractivity contribution is -0.118. The van der Waals surface area contributed by atoms with Gasteiger partial charge < -0.3 is 10.2 Å². The molecule has 2 fully saturated rings. The van der Waals surface area contributed by atoms with Crippen molar-refractivity contribution in [3.63, 3.8) is 0 Å². The van der Waals surface area contributed by atoms with Gasteiger partial charge in [-0.3, -0.25) is 4.79 Å². The Kier molecular flexibility index (Phi) is 6.26. The van der Waals surface area contributed by atoms with E-state index in [0.29, 0.717) is 9.21 Å². The van der Waals surface area contributed by atoms with Gasteiger partial charge in [0.25, 0.3) is 0 Å². The zero-order chi connectivity index (χ0) is 21.3. The van der Waals surface area contributed by atoms with Gasteiger partial charge in [0.1, 0.15) is 11.9 Å². The van der Waals surface area contributed by atoms with E-state index in [1.54, 1.807) is 18.2 Å². The predicted molar refractivity (Wildman–Crippen MR) is 118 cm³/mol. The van der Waals surface area contributed by atoms with Crippen molar-refractivity contribution in [1.82, 2.24) is 10.0 Å². The first kappa shape index (κ1) is 21.5. The van der Waals surface area contributed by atoms with Crippen molar-refractivity contribution in [3.8, 4) is 0 Å². The monoisotopic (exact) mass is 469 g/mol. The van der Waals surface area contributed by atoms with Crippen molar-refractivity contribution in [2.24, 2.45) is 0 Å². The number of nitrogens with zero attached hydrogens (tertiary/aromatic N) is 1. The van der Waals surface area contributed by atoms with Gasteiger partial charge in [-0.2, -0.15) is 4.72 Å². The highest BCUT2D eigenvalue weighted by molar-refractivity contribution is 7.92. The highest BCUT2D eigenvalue weighted by Gasteiger charge is 2.36. The smallest absolute Gasteiger partial charge is 0.245 e. The van der Waals surface area contributed by atoms with Crippen molar-refractivity contribution in [2.45, 2.75) is 31.3 Å². The second-order valence-electron chi connectivity index (χ2n) is 7.30. The van der Waals surface area contributed by atoms with E-state index in [4.69, 9.17) is 11.6 Å². The van der Waals surface area contributed by atoms with Crippen LogP contribution < -0.4 is 14.9 Å². The lowest BCUT2D eigenvalue weighted by Gasteiger charge is -2.19. The van der Waals surface area contributed by atoms with Gasteiger partial charge in [-0.25, -0.2) is 12.8 Å². The molecule has 30 heavy (non-hydrogen) atoms. The molecule has 1 aromatic carbocycles. The van der Waals surface area contributed by atoms with Gasteiger partial charge in [-0.05, 0) is 61.7 Å². The first-order chi connectivity index (χ1) is 14.3. The maximum absolute atomic E-state index is 14.7. The Labute approximate surface area is 183 Å². The maximum atomic E-state index is 14.7. The number of rotatable bonds is 6. The van der Waals surface area contributed by atoms with E-state index in [1.165, 1.54) is 28.4 Å². The van der Waals surface area contributed by atoms with Gasteiger partial charge >= 0.3 is 0 Å². The van der Waals surface area contributed by atoms with Gasteiger partial charge in [0, 0.05) is 22.9 Å². The summed E-state index contributed by atoms with van der Waals surface area (Å²) in [5, 5.41) is 4.33. The molecule has 2 N–H and O–H groups in total. The molecule has 0 bridgehead atoms. The van der Waals surface area contributed by atoms with Gasteiger partial charge in [0.2, 0.25) is 15.9 Å². The third-order valence-electron chi connectivity index (χ3n) is 5.24. The van der Waals surface area contributed by atoms with Crippen LogP contribution >= 0.6 is 22.9 Å². The number of anilines is 1. The van der Waals surface area contributed by atoms with Crippen molar-refractivity contribution in [2.75, 3.05) is 18.0 Å². The molecular weight excluding hydrogens is 449 g/mol. The van der Waals surface area contributed by atoms with Crippen LogP contribution in [0.2, 0.25) is 4.34 Å². The Balaban J connectivity index is 1.44. The van der Waals surface area contributed by atoms with E-state index in [-0.39, 0.29) is 24.7 Å². The molecule has 0 radical (unpaired) electrons. The van der Waals surface area contributed by atoms with Crippen LogP contribution in [0.3, 0.4) is 0 Å². The molecular formula is C20H21ClFN3O3S2. The molecule has 4 rings (SSSR count). The molecule has 0 spiro atoms. The molecule has 2 aliphatic rings. The summed E-state index contributed by atoms with van der Waals surface area (Å²) < 4.78 is 42.3. The van der Waals surface area contributed by atoms with E-state index in [9.17, 15) is 17.6 Å². The molecule has 6 nitrogen and oxygen atoms in total. The maximum Gasteiger partial charge on any atom is 0.245 e. The molecule has 1 amide bonds. The van der Waals surface area contributed by atoms with Crippen LogP contribution in [-0.2, 0) is 14.8 Å². The van der Waals surface area contributed by atoms with Crippen LogP contribution in [0, 0.1) is 5.82 Å². The molecule has 3 heterocycles. The molecule has 0 aliphatic carbocycles. The van der Waals surface area contributed by atoms with Crippen LogP contribution in [0.4, 0.5) is 10.1 Å². The highest BCUT2D eigenvalue weighted by atomic mass is 35.5. The third kappa shape index (κ3) is 4.76. The number of halogens is 2. The number of sulfonamides is 1. The quantitative estimate of drug-likeness (QED) is 0.676. The zero-order valence-corrected chi connectivity index (χ0v) is 18.4. The summed E-state index contributed by atoms with van der Waals surface area (Å²) >= 11 is 7.08. The molecule has 0 saturated carbocycles. The average molecular weight is 470 g/mol. The largest absolute Gasteiger partial charge is 0.310 e. The van der Waals surface area contributed by atoms with Crippen LogP contribution in [0.25, 0.3) is 6.08 Å². The summed E-state index contributed by atoms with van der Waals surface area (Å²) in [7, 11) is -3.84. The third-order valence-corrected chi connectivity index (χ3v) is 7.55.